The first-order valence-electron chi connectivity index (χ1n) is 7.32. The van der Waals surface area contributed by atoms with Crippen molar-refractivity contribution in [1.82, 2.24) is 0 Å². The first-order valence-corrected chi connectivity index (χ1v) is 8.07. The molecule has 0 aromatic heterocycles. The molecule has 0 amide bonds. The highest BCUT2D eigenvalue weighted by atomic mass is 35.5. The summed E-state index contributed by atoms with van der Waals surface area (Å²) < 4.78 is 10.3. The quantitative estimate of drug-likeness (QED) is 0.467. The van der Waals surface area contributed by atoms with Crippen molar-refractivity contribution in [1.29, 1.82) is 5.26 Å². The zero-order valence-corrected chi connectivity index (χ0v) is 15.2. The van der Waals surface area contributed by atoms with Gasteiger partial charge in [-0.1, -0.05) is 23.2 Å². The monoisotopic (exact) mass is 397 g/mol. The van der Waals surface area contributed by atoms with Crippen LogP contribution in [0.2, 0.25) is 10.0 Å². The number of hydrogen-bond acceptors (Lipinski definition) is 7. The van der Waals surface area contributed by atoms with Crippen LogP contribution in [-0.2, 0) is 14.3 Å². The van der Waals surface area contributed by atoms with Gasteiger partial charge in [0.2, 0.25) is 5.88 Å². The number of carbonyl (C=O) groups excluding carboxylic acids is 1. The fraction of sp³-hybridized carbons (Fsp3) is 0.250. The van der Waals surface area contributed by atoms with Crippen LogP contribution in [0.15, 0.2) is 34.9 Å². The number of nitriles is 1. The average Bonchev–Trinajstić information content (AvgIpc) is 2.56. The third-order valence-corrected chi connectivity index (χ3v) is 4.51. The summed E-state index contributed by atoms with van der Waals surface area (Å²) >= 11 is 12.2. The molecule has 0 saturated carbocycles. The lowest BCUT2D eigenvalue weighted by Crippen LogP contribution is -2.26. The van der Waals surface area contributed by atoms with E-state index in [-0.39, 0.29) is 45.0 Å². The van der Waals surface area contributed by atoms with E-state index >= 15 is 0 Å². The van der Waals surface area contributed by atoms with Gasteiger partial charge in [-0.25, -0.2) is 4.79 Å². The first kappa shape index (κ1) is 19.6. The van der Waals surface area contributed by atoms with E-state index in [1.54, 1.807) is 6.92 Å². The molecule has 1 unspecified atom stereocenters. The van der Waals surface area contributed by atoms with Gasteiger partial charge in [-0.2, -0.15) is 5.26 Å². The molecule has 2 rings (SSSR count). The van der Waals surface area contributed by atoms with Crippen molar-refractivity contribution in [2.24, 2.45) is 5.73 Å². The molecule has 1 aliphatic heterocycles. The Morgan fingerprint density at radius 1 is 1.50 bits per heavy atom. The summed E-state index contributed by atoms with van der Waals surface area (Å²) in [6, 6.07) is 4.22. The number of nitro groups is 1. The van der Waals surface area contributed by atoms with Gasteiger partial charge >= 0.3 is 5.97 Å². The highest BCUT2D eigenvalue weighted by Crippen LogP contribution is 2.47. The minimum atomic E-state index is -1.25. The number of esters is 1. The van der Waals surface area contributed by atoms with E-state index in [1.807, 2.05) is 6.07 Å². The minimum absolute atomic E-state index is 0.0236. The zero-order chi connectivity index (χ0) is 19.6. The second kappa shape index (κ2) is 7.64. The maximum absolute atomic E-state index is 12.5. The van der Waals surface area contributed by atoms with E-state index < -0.39 is 22.5 Å². The van der Waals surface area contributed by atoms with Gasteiger partial charge in [-0.15, -0.1) is 0 Å². The number of ether oxygens (including phenoxy) is 2. The van der Waals surface area contributed by atoms with Gasteiger partial charge in [0.1, 0.15) is 17.4 Å². The van der Waals surface area contributed by atoms with Crippen LogP contribution in [0.25, 0.3) is 0 Å². The number of benzene rings is 1. The Labute approximate surface area is 158 Å². The molecule has 1 aromatic rings. The predicted molar refractivity (Wildman–Crippen MR) is 93.1 cm³/mol. The Morgan fingerprint density at radius 3 is 2.69 bits per heavy atom. The van der Waals surface area contributed by atoms with E-state index in [2.05, 4.69) is 0 Å². The van der Waals surface area contributed by atoms with Gasteiger partial charge in [0.15, 0.2) is 0 Å². The van der Waals surface area contributed by atoms with E-state index in [0.717, 1.165) is 6.07 Å². The van der Waals surface area contributed by atoms with Crippen LogP contribution in [0.4, 0.5) is 5.69 Å². The standard InChI is InChI=1S/C16H13Cl2N3O5/c1-3-25-16(22)11-7(2)26-15(20)8(6-19)12(11)13-10(21(23)24)5-4-9(17)14(13)18/h4-5,12H,3,20H2,1-2H3. The summed E-state index contributed by atoms with van der Waals surface area (Å²) in [5.74, 6) is -2.29. The van der Waals surface area contributed by atoms with Gasteiger partial charge in [0.25, 0.3) is 5.69 Å². The summed E-state index contributed by atoms with van der Waals surface area (Å²) in [5, 5.41) is 20.9. The van der Waals surface area contributed by atoms with Crippen molar-refractivity contribution in [3.63, 3.8) is 0 Å². The van der Waals surface area contributed by atoms with Crippen molar-refractivity contribution in [3.8, 4) is 6.07 Å². The minimum Gasteiger partial charge on any atom is -0.463 e. The van der Waals surface area contributed by atoms with Crippen LogP contribution in [0, 0.1) is 21.4 Å². The number of nitro benzene ring substituents is 1. The van der Waals surface area contributed by atoms with Crippen LogP contribution in [-0.4, -0.2) is 17.5 Å². The molecular formula is C16H13Cl2N3O5. The van der Waals surface area contributed by atoms with Crippen LogP contribution < -0.4 is 5.73 Å². The Balaban J connectivity index is 2.87. The van der Waals surface area contributed by atoms with Crippen molar-refractivity contribution in [2.75, 3.05) is 6.61 Å². The van der Waals surface area contributed by atoms with Crippen molar-refractivity contribution in [2.45, 2.75) is 19.8 Å². The normalized spacial score (nSPS) is 16.8. The lowest BCUT2D eigenvalue weighted by molar-refractivity contribution is -0.385. The molecular weight excluding hydrogens is 385 g/mol. The molecule has 0 aliphatic carbocycles. The largest absolute Gasteiger partial charge is 0.463 e. The summed E-state index contributed by atoms with van der Waals surface area (Å²) in [6.45, 7) is 3.08. The van der Waals surface area contributed by atoms with Gasteiger partial charge in [-0.05, 0) is 19.9 Å². The molecule has 2 N–H and O–H groups in total. The predicted octanol–water partition coefficient (Wildman–Crippen LogP) is 3.55. The van der Waals surface area contributed by atoms with E-state index in [9.17, 15) is 20.2 Å². The molecule has 10 heteroatoms. The van der Waals surface area contributed by atoms with E-state index in [0.29, 0.717) is 0 Å². The van der Waals surface area contributed by atoms with Gasteiger partial charge in [-0.3, -0.25) is 10.1 Å². The lowest BCUT2D eigenvalue weighted by atomic mass is 9.82. The van der Waals surface area contributed by atoms with Crippen LogP contribution in [0.5, 0.6) is 0 Å². The van der Waals surface area contributed by atoms with E-state index in [4.69, 9.17) is 38.4 Å². The summed E-state index contributed by atoms with van der Waals surface area (Å²) in [5.41, 5.74) is 4.91. The number of allylic oxidation sites excluding steroid dienone is 2. The SMILES string of the molecule is CCOC(=O)C1=C(C)OC(N)=C(C#N)C1c1c([N+](=O)[O-])ccc(Cl)c1Cl. The Kier molecular flexibility index (Phi) is 5.75. The molecule has 0 radical (unpaired) electrons. The lowest BCUT2D eigenvalue weighted by Gasteiger charge is -2.27. The Morgan fingerprint density at radius 2 is 2.15 bits per heavy atom. The van der Waals surface area contributed by atoms with Crippen molar-refractivity contribution in [3.05, 3.63) is 60.6 Å². The second-order valence-electron chi connectivity index (χ2n) is 5.17. The molecule has 0 saturated heterocycles. The number of nitrogens with zero attached hydrogens (tertiary/aromatic N) is 2. The molecule has 1 atom stereocenters. The van der Waals surface area contributed by atoms with Crippen LogP contribution >= 0.6 is 23.2 Å². The molecule has 26 heavy (non-hydrogen) atoms. The highest BCUT2D eigenvalue weighted by Gasteiger charge is 2.41. The van der Waals surface area contributed by atoms with Gasteiger partial charge < -0.3 is 15.2 Å². The van der Waals surface area contributed by atoms with Crippen LogP contribution in [0.1, 0.15) is 25.3 Å². The van der Waals surface area contributed by atoms with Crippen molar-refractivity contribution < 1.29 is 19.2 Å². The first-order chi connectivity index (χ1) is 12.2. The maximum atomic E-state index is 12.5. The number of carbonyl (C=O) groups is 1. The van der Waals surface area contributed by atoms with Gasteiger partial charge in [0, 0.05) is 6.07 Å². The number of hydrogen-bond donors (Lipinski definition) is 1. The number of rotatable bonds is 4. The zero-order valence-electron chi connectivity index (χ0n) is 13.7. The molecule has 8 nitrogen and oxygen atoms in total. The Bertz CT molecular complexity index is 902. The molecule has 0 spiro atoms. The average molecular weight is 398 g/mol. The Hall–Kier alpha value is -2.76. The van der Waals surface area contributed by atoms with E-state index in [1.165, 1.54) is 13.0 Å². The summed E-state index contributed by atoms with van der Waals surface area (Å²) in [6.07, 6.45) is 0. The van der Waals surface area contributed by atoms with Crippen LogP contribution in [0.3, 0.4) is 0 Å². The topological polar surface area (TPSA) is 128 Å². The third kappa shape index (κ3) is 3.31. The summed E-state index contributed by atoms with van der Waals surface area (Å²) in [7, 11) is 0. The molecule has 0 bridgehead atoms. The summed E-state index contributed by atoms with van der Waals surface area (Å²) in [4.78, 5) is 23.3. The smallest absolute Gasteiger partial charge is 0.338 e. The number of halogens is 2. The fourth-order valence-electron chi connectivity index (χ4n) is 2.63. The third-order valence-electron chi connectivity index (χ3n) is 3.70. The van der Waals surface area contributed by atoms with Gasteiger partial charge in [0.05, 0.1) is 38.6 Å². The molecule has 1 aromatic carbocycles. The molecule has 136 valence electrons. The molecule has 1 aliphatic rings. The van der Waals surface area contributed by atoms with Crippen molar-refractivity contribution >= 4 is 34.9 Å². The molecule has 1 heterocycles. The fourth-order valence-corrected chi connectivity index (χ4v) is 3.07. The highest BCUT2D eigenvalue weighted by molar-refractivity contribution is 6.42. The molecule has 0 fully saturated rings. The number of nitrogens with two attached hydrogens (primary N) is 1. The maximum Gasteiger partial charge on any atom is 0.338 e. The second-order valence-corrected chi connectivity index (χ2v) is 5.95.